The molecule has 252 valence electrons. The van der Waals surface area contributed by atoms with Crippen LogP contribution in [0.1, 0.15) is 49.9 Å². The van der Waals surface area contributed by atoms with E-state index in [1.165, 1.54) is 0 Å². The summed E-state index contributed by atoms with van der Waals surface area (Å²) in [5.74, 6) is 1.46. The van der Waals surface area contributed by atoms with E-state index in [-0.39, 0.29) is 0 Å². The Labute approximate surface area is 303 Å². The molecule has 6 aromatic carbocycles. The van der Waals surface area contributed by atoms with Crippen molar-refractivity contribution in [3.05, 3.63) is 194 Å². The summed E-state index contributed by atoms with van der Waals surface area (Å²) >= 11 is 0. The molecule has 0 N–H and O–H groups in total. The fourth-order valence-corrected chi connectivity index (χ4v) is 5.98. The Morgan fingerprint density at radius 2 is 0.647 bits per heavy atom. The van der Waals surface area contributed by atoms with Gasteiger partial charge in [0.15, 0.2) is 0 Å². The minimum Gasteiger partial charge on any atom is -0.457 e. The van der Waals surface area contributed by atoms with E-state index >= 15 is 0 Å². The highest BCUT2D eigenvalue weighted by molar-refractivity contribution is 5.85. The van der Waals surface area contributed by atoms with Gasteiger partial charge in [-0.2, -0.15) is 0 Å². The molecule has 0 amide bonds. The van der Waals surface area contributed by atoms with Gasteiger partial charge in [0, 0.05) is 34.9 Å². The molecule has 0 fully saturated rings. The van der Waals surface area contributed by atoms with E-state index in [1.54, 1.807) is 0 Å². The van der Waals surface area contributed by atoms with E-state index in [0.29, 0.717) is 5.75 Å². The van der Waals surface area contributed by atoms with Crippen LogP contribution in [0.2, 0.25) is 0 Å². The first kappa shape index (κ1) is 34.5. The number of hydrogen-bond acceptors (Lipinski definition) is 3. The van der Waals surface area contributed by atoms with Crippen molar-refractivity contribution in [2.75, 3.05) is 9.80 Å². The van der Waals surface area contributed by atoms with E-state index in [0.717, 1.165) is 84.4 Å². The maximum atomic E-state index is 6.61. The molecule has 0 spiro atoms. The summed E-state index contributed by atoms with van der Waals surface area (Å²) in [6.07, 6.45) is 0. The van der Waals surface area contributed by atoms with Gasteiger partial charge in [-0.05, 0) is 117 Å². The number of para-hydroxylation sites is 1. The van der Waals surface area contributed by atoms with Crippen LogP contribution in [0, 0.1) is 0 Å². The molecule has 6 rings (SSSR count). The average Bonchev–Trinajstić information content (AvgIpc) is 3.13. The zero-order valence-corrected chi connectivity index (χ0v) is 30.0. The van der Waals surface area contributed by atoms with E-state index < -0.39 is 0 Å². The van der Waals surface area contributed by atoms with Crippen LogP contribution in [0.3, 0.4) is 0 Å². The Morgan fingerprint density at radius 1 is 0.353 bits per heavy atom. The highest BCUT2D eigenvalue weighted by Crippen LogP contribution is 2.44. The fourth-order valence-electron chi connectivity index (χ4n) is 5.98. The molecular formula is C48H44N2O. The van der Waals surface area contributed by atoms with Crippen LogP contribution in [-0.2, 0) is 0 Å². The van der Waals surface area contributed by atoms with Crippen molar-refractivity contribution >= 4 is 56.4 Å². The Morgan fingerprint density at radius 3 is 0.922 bits per heavy atom. The average molecular weight is 665 g/mol. The van der Waals surface area contributed by atoms with Gasteiger partial charge in [0.25, 0.3) is 0 Å². The zero-order valence-electron chi connectivity index (χ0n) is 30.0. The van der Waals surface area contributed by atoms with Crippen LogP contribution in [0.5, 0.6) is 11.5 Å². The molecule has 0 saturated heterocycles. The molecule has 0 heterocycles. The normalized spacial score (nSPS) is 10.7. The van der Waals surface area contributed by atoms with Crippen LogP contribution < -0.4 is 14.5 Å². The molecule has 0 saturated carbocycles. The third kappa shape index (κ3) is 7.95. The van der Waals surface area contributed by atoms with Crippen LogP contribution >= 0.6 is 0 Å². The summed E-state index contributed by atoms with van der Waals surface area (Å²) in [5, 5.41) is 0. The van der Waals surface area contributed by atoms with Crippen LogP contribution in [0.25, 0.3) is 22.3 Å². The van der Waals surface area contributed by atoms with Crippen LogP contribution in [0.4, 0.5) is 34.1 Å². The quantitative estimate of drug-likeness (QED) is 0.129. The van der Waals surface area contributed by atoms with Gasteiger partial charge in [0.2, 0.25) is 0 Å². The van der Waals surface area contributed by atoms with Gasteiger partial charge in [-0.15, -0.1) is 0 Å². The van der Waals surface area contributed by atoms with Crippen molar-refractivity contribution in [1.29, 1.82) is 0 Å². The van der Waals surface area contributed by atoms with Crippen molar-refractivity contribution in [1.82, 2.24) is 0 Å². The number of anilines is 6. The second-order valence-electron chi connectivity index (χ2n) is 13.1. The van der Waals surface area contributed by atoms with E-state index in [9.17, 15) is 0 Å². The molecule has 0 aliphatic heterocycles. The number of allylic oxidation sites excluding steroid dienone is 4. The predicted octanol–water partition coefficient (Wildman–Crippen LogP) is 14.6. The molecule has 0 aromatic heterocycles. The van der Waals surface area contributed by atoms with Crippen molar-refractivity contribution in [2.24, 2.45) is 0 Å². The van der Waals surface area contributed by atoms with Crippen LogP contribution in [-0.4, -0.2) is 0 Å². The molecule has 51 heavy (non-hydrogen) atoms. The van der Waals surface area contributed by atoms with Gasteiger partial charge in [0.05, 0.1) is 11.4 Å². The van der Waals surface area contributed by atoms with Gasteiger partial charge in [-0.1, -0.05) is 115 Å². The molecule has 0 unspecified atom stereocenters. The topological polar surface area (TPSA) is 15.7 Å². The largest absolute Gasteiger partial charge is 0.457 e. The second kappa shape index (κ2) is 15.1. The molecule has 3 nitrogen and oxygen atoms in total. The molecule has 6 aromatic rings. The standard InChI is InChI=1S/C48H44N2O/c1-33(2)37-14-22-41(23-15-37)49(42-24-16-38(17-25-42)34(3)4)45-30-46(32-48(31-45)51-47-12-10-9-11-13-47)50(43-26-18-39(19-27-43)35(5)6)44-28-20-40(21-29-44)36(7)8/h9-32H,1,3,5,7H2,2,4,6,8H3. The molecule has 0 bridgehead atoms. The van der Waals surface area contributed by atoms with Gasteiger partial charge in [0.1, 0.15) is 11.5 Å². The minimum atomic E-state index is 0.706. The van der Waals surface area contributed by atoms with E-state index in [4.69, 9.17) is 4.74 Å². The first-order valence-corrected chi connectivity index (χ1v) is 17.1. The van der Waals surface area contributed by atoms with Gasteiger partial charge in [-0.25, -0.2) is 0 Å². The lowest BCUT2D eigenvalue weighted by Crippen LogP contribution is -2.14. The number of nitrogens with zero attached hydrogens (tertiary/aromatic N) is 2. The lowest BCUT2D eigenvalue weighted by atomic mass is 10.0. The van der Waals surface area contributed by atoms with Gasteiger partial charge >= 0.3 is 0 Å². The summed E-state index contributed by atoms with van der Waals surface area (Å²) in [6.45, 7) is 24.7. The summed E-state index contributed by atoms with van der Waals surface area (Å²) in [5.41, 5.74) is 14.4. The lowest BCUT2D eigenvalue weighted by molar-refractivity contribution is 0.483. The highest BCUT2D eigenvalue weighted by atomic mass is 16.5. The van der Waals surface area contributed by atoms with Gasteiger partial charge < -0.3 is 14.5 Å². The first-order valence-electron chi connectivity index (χ1n) is 17.1. The van der Waals surface area contributed by atoms with Crippen molar-refractivity contribution in [3.63, 3.8) is 0 Å². The van der Waals surface area contributed by atoms with Crippen molar-refractivity contribution in [2.45, 2.75) is 27.7 Å². The van der Waals surface area contributed by atoms with Gasteiger partial charge in [-0.3, -0.25) is 0 Å². The first-order chi connectivity index (χ1) is 24.6. The van der Waals surface area contributed by atoms with E-state index in [2.05, 4.69) is 151 Å². The smallest absolute Gasteiger partial charge is 0.131 e. The third-order valence-electron chi connectivity index (χ3n) is 8.84. The maximum Gasteiger partial charge on any atom is 0.131 e. The third-order valence-corrected chi connectivity index (χ3v) is 8.84. The second-order valence-corrected chi connectivity index (χ2v) is 13.1. The summed E-state index contributed by atoms with van der Waals surface area (Å²) in [6, 6.07) is 50.5. The molecule has 3 heteroatoms. The summed E-state index contributed by atoms with van der Waals surface area (Å²) in [7, 11) is 0. The van der Waals surface area contributed by atoms with E-state index in [1.807, 2.05) is 58.0 Å². The van der Waals surface area contributed by atoms with Crippen molar-refractivity contribution in [3.8, 4) is 11.5 Å². The Hall–Kier alpha value is -6.32. The number of ether oxygens (including phenoxy) is 1. The maximum absolute atomic E-state index is 6.61. The minimum absolute atomic E-state index is 0.706. The van der Waals surface area contributed by atoms with Crippen molar-refractivity contribution < 1.29 is 4.74 Å². The molecule has 0 atom stereocenters. The molecule has 0 aliphatic carbocycles. The number of rotatable bonds is 12. The molecular weight excluding hydrogens is 621 g/mol. The van der Waals surface area contributed by atoms with Crippen LogP contribution in [0.15, 0.2) is 172 Å². The molecule has 0 aliphatic rings. The molecule has 0 radical (unpaired) electrons. The predicted molar refractivity (Wildman–Crippen MR) is 221 cm³/mol. The summed E-state index contributed by atoms with van der Waals surface area (Å²) < 4.78 is 6.61. The Bertz CT molecular complexity index is 1940. The highest BCUT2D eigenvalue weighted by Gasteiger charge is 2.20. The number of hydrogen-bond donors (Lipinski definition) is 0. The summed E-state index contributed by atoms with van der Waals surface area (Å²) in [4.78, 5) is 4.52. The SMILES string of the molecule is C=C(C)c1ccc(N(c2ccc(C(=C)C)cc2)c2cc(Oc3ccccc3)cc(N(c3ccc(C(=C)C)cc3)c3ccc(C(=C)C)cc3)c2)cc1. The monoisotopic (exact) mass is 664 g/mol. The Kier molecular flexibility index (Phi) is 10.2. The fraction of sp³-hybridized carbons (Fsp3) is 0.0833. The number of benzene rings is 6. The zero-order chi connectivity index (χ0) is 36.1. The lowest BCUT2D eigenvalue weighted by Gasteiger charge is -2.30. The Balaban J connectivity index is 1.59.